The molecule has 0 fully saturated rings. The van der Waals surface area contributed by atoms with Crippen LogP contribution in [0.3, 0.4) is 0 Å². The van der Waals surface area contributed by atoms with E-state index >= 15 is 0 Å². The molecule has 2 aromatic rings. The van der Waals surface area contributed by atoms with Crippen LogP contribution in [0.1, 0.15) is 13.8 Å². The van der Waals surface area contributed by atoms with E-state index in [9.17, 15) is 14.9 Å². The fourth-order valence-corrected chi connectivity index (χ4v) is 2.01. The first-order valence-corrected chi connectivity index (χ1v) is 7.45. The Balaban J connectivity index is 2.05. The number of nitro groups is 1. The van der Waals surface area contributed by atoms with Crippen molar-refractivity contribution in [2.24, 2.45) is 0 Å². The van der Waals surface area contributed by atoms with Gasteiger partial charge >= 0.3 is 0 Å². The van der Waals surface area contributed by atoms with Crippen LogP contribution in [0.5, 0.6) is 11.5 Å². The highest BCUT2D eigenvalue weighted by molar-refractivity contribution is 5.95. The van der Waals surface area contributed by atoms with E-state index in [0.29, 0.717) is 18.0 Å². The van der Waals surface area contributed by atoms with Gasteiger partial charge in [-0.05, 0) is 32.0 Å². The number of hydrogen-bond acceptors (Lipinski definition) is 5. The van der Waals surface area contributed by atoms with Crippen molar-refractivity contribution in [1.29, 1.82) is 0 Å². The van der Waals surface area contributed by atoms with E-state index in [0.717, 1.165) is 0 Å². The quantitative estimate of drug-likeness (QED) is 0.620. The second-order valence-electron chi connectivity index (χ2n) is 4.93. The average Bonchev–Trinajstić information content (AvgIpc) is 2.57. The minimum absolute atomic E-state index is 0.0956. The number of carbonyl (C=O) groups is 1. The van der Waals surface area contributed by atoms with Crippen molar-refractivity contribution in [2.45, 2.75) is 20.0 Å². The van der Waals surface area contributed by atoms with Crippen LogP contribution in [0.25, 0.3) is 0 Å². The normalized spacial score (nSPS) is 11.4. The molecule has 7 nitrogen and oxygen atoms in total. The van der Waals surface area contributed by atoms with Crippen molar-refractivity contribution in [2.75, 3.05) is 11.9 Å². The number of non-ortho nitro benzene ring substituents is 1. The van der Waals surface area contributed by atoms with Crippen LogP contribution >= 0.6 is 0 Å². The topological polar surface area (TPSA) is 90.7 Å². The molecule has 1 N–H and O–H groups in total. The molecule has 0 saturated heterocycles. The smallest absolute Gasteiger partial charge is 0.273 e. The molecule has 126 valence electrons. The summed E-state index contributed by atoms with van der Waals surface area (Å²) in [6.07, 6.45) is -0.832. The summed E-state index contributed by atoms with van der Waals surface area (Å²) in [6.45, 7) is 3.90. The molecule has 0 bridgehead atoms. The van der Waals surface area contributed by atoms with Gasteiger partial charge in [0.25, 0.3) is 11.6 Å². The minimum atomic E-state index is -0.832. The maximum Gasteiger partial charge on any atom is 0.273 e. The lowest BCUT2D eigenvalue weighted by Gasteiger charge is -2.16. The predicted octanol–water partition coefficient (Wildman–Crippen LogP) is 3.40. The third-order valence-corrected chi connectivity index (χ3v) is 3.16. The Kier molecular flexibility index (Phi) is 5.73. The first kappa shape index (κ1) is 17.3. The lowest BCUT2D eigenvalue weighted by atomic mass is 10.2. The SMILES string of the molecule is CCOc1ccccc1NC(=O)[C@H](C)Oc1cccc([N+](=O)[O-])c1. The van der Waals surface area contributed by atoms with Crippen LogP contribution in [0.2, 0.25) is 0 Å². The van der Waals surface area contributed by atoms with E-state index in [-0.39, 0.29) is 17.3 Å². The highest BCUT2D eigenvalue weighted by Gasteiger charge is 2.17. The first-order valence-electron chi connectivity index (χ1n) is 7.45. The lowest BCUT2D eigenvalue weighted by molar-refractivity contribution is -0.384. The molecule has 0 aliphatic carbocycles. The van der Waals surface area contributed by atoms with Gasteiger partial charge in [0.1, 0.15) is 11.5 Å². The summed E-state index contributed by atoms with van der Waals surface area (Å²) in [5.41, 5.74) is 0.445. The van der Waals surface area contributed by atoms with Crippen molar-refractivity contribution in [3.8, 4) is 11.5 Å². The number of ether oxygens (including phenoxy) is 2. The van der Waals surface area contributed by atoms with Crippen LogP contribution in [0, 0.1) is 10.1 Å². The number of carbonyl (C=O) groups excluding carboxylic acids is 1. The third kappa shape index (κ3) is 4.45. The summed E-state index contributed by atoms with van der Waals surface area (Å²) in [4.78, 5) is 22.5. The lowest BCUT2D eigenvalue weighted by Crippen LogP contribution is -2.30. The number of nitrogens with one attached hydrogen (secondary N) is 1. The van der Waals surface area contributed by atoms with Gasteiger partial charge in [-0.3, -0.25) is 14.9 Å². The largest absolute Gasteiger partial charge is 0.492 e. The fraction of sp³-hybridized carbons (Fsp3) is 0.235. The number of benzene rings is 2. The number of nitro benzene ring substituents is 1. The van der Waals surface area contributed by atoms with Gasteiger partial charge in [-0.25, -0.2) is 0 Å². The van der Waals surface area contributed by atoms with Gasteiger partial charge in [0.05, 0.1) is 23.3 Å². The van der Waals surface area contributed by atoms with Crippen LogP contribution in [0.15, 0.2) is 48.5 Å². The molecule has 0 unspecified atom stereocenters. The highest BCUT2D eigenvalue weighted by Crippen LogP contribution is 2.24. The summed E-state index contributed by atoms with van der Waals surface area (Å²) < 4.78 is 10.9. The van der Waals surface area contributed by atoms with Gasteiger partial charge in [0, 0.05) is 6.07 Å². The van der Waals surface area contributed by atoms with Crippen molar-refractivity contribution in [3.63, 3.8) is 0 Å². The molecule has 0 aliphatic rings. The van der Waals surface area contributed by atoms with E-state index in [1.165, 1.54) is 18.2 Å². The monoisotopic (exact) mass is 330 g/mol. The third-order valence-electron chi connectivity index (χ3n) is 3.16. The van der Waals surface area contributed by atoms with Gasteiger partial charge in [-0.1, -0.05) is 18.2 Å². The molecule has 1 amide bonds. The van der Waals surface area contributed by atoms with Crippen molar-refractivity contribution in [1.82, 2.24) is 0 Å². The number of hydrogen-bond donors (Lipinski definition) is 1. The van der Waals surface area contributed by atoms with E-state index in [2.05, 4.69) is 5.32 Å². The zero-order valence-corrected chi connectivity index (χ0v) is 13.4. The molecule has 24 heavy (non-hydrogen) atoms. The van der Waals surface area contributed by atoms with E-state index in [1.54, 1.807) is 31.2 Å². The van der Waals surface area contributed by atoms with Gasteiger partial charge in [-0.15, -0.1) is 0 Å². The summed E-state index contributed by atoms with van der Waals surface area (Å²) in [5, 5.41) is 13.5. The van der Waals surface area contributed by atoms with Crippen LogP contribution in [0.4, 0.5) is 11.4 Å². The van der Waals surface area contributed by atoms with E-state index in [1.807, 2.05) is 13.0 Å². The maximum atomic E-state index is 12.3. The van der Waals surface area contributed by atoms with Crippen LogP contribution in [-0.4, -0.2) is 23.5 Å². The Morgan fingerprint density at radius 3 is 2.71 bits per heavy atom. The van der Waals surface area contributed by atoms with Gasteiger partial charge in [-0.2, -0.15) is 0 Å². The Morgan fingerprint density at radius 2 is 2.00 bits per heavy atom. The molecule has 0 radical (unpaired) electrons. The molecule has 1 atom stereocenters. The van der Waals surface area contributed by atoms with Crippen molar-refractivity contribution >= 4 is 17.3 Å². The summed E-state index contributed by atoms with van der Waals surface area (Å²) in [5.74, 6) is 0.439. The number of amides is 1. The van der Waals surface area contributed by atoms with Gasteiger partial charge in [0.2, 0.25) is 0 Å². The number of nitrogens with zero attached hydrogens (tertiary/aromatic N) is 1. The minimum Gasteiger partial charge on any atom is -0.492 e. The first-order chi connectivity index (χ1) is 11.5. The molecule has 0 spiro atoms. The molecule has 0 aromatic heterocycles. The molecule has 0 heterocycles. The predicted molar refractivity (Wildman–Crippen MR) is 89.4 cm³/mol. The van der Waals surface area contributed by atoms with E-state index < -0.39 is 11.0 Å². The highest BCUT2D eigenvalue weighted by atomic mass is 16.6. The number of para-hydroxylation sites is 2. The maximum absolute atomic E-state index is 12.3. The van der Waals surface area contributed by atoms with Gasteiger partial charge in [0.15, 0.2) is 6.10 Å². The zero-order valence-electron chi connectivity index (χ0n) is 13.4. The Bertz CT molecular complexity index is 732. The Morgan fingerprint density at radius 1 is 1.25 bits per heavy atom. The average molecular weight is 330 g/mol. The summed E-state index contributed by atoms with van der Waals surface area (Å²) in [7, 11) is 0. The standard InChI is InChI=1S/C17H18N2O5/c1-3-23-16-10-5-4-9-15(16)18-17(20)12(2)24-14-8-6-7-13(11-14)19(21)22/h4-12H,3H2,1-2H3,(H,18,20)/t12-/m0/s1. The van der Waals surface area contributed by atoms with Crippen molar-refractivity contribution < 1.29 is 19.2 Å². The second kappa shape index (κ2) is 7.96. The molecular weight excluding hydrogens is 312 g/mol. The Hall–Kier alpha value is -3.09. The molecular formula is C17H18N2O5. The number of rotatable bonds is 7. The summed E-state index contributed by atoms with van der Waals surface area (Å²) >= 11 is 0. The molecule has 0 saturated carbocycles. The molecule has 2 aromatic carbocycles. The summed E-state index contributed by atoms with van der Waals surface area (Å²) in [6, 6.07) is 12.8. The van der Waals surface area contributed by atoms with Gasteiger partial charge < -0.3 is 14.8 Å². The van der Waals surface area contributed by atoms with E-state index in [4.69, 9.17) is 9.47 Å². The van der Waals surface area contributed by atoms with Crippen LogP contribution < -0.4 is 14.8 Å². The van der Waals surface area contributed by atoms with Crippen LogP contribution in [-0.2, 0) is 4.79 Å². The molecule has 7 heteroatoms. The Labute approximate surface area is 139 Å². The fourth-order valence-electron chi connectivity index (χ4n) is 2.01. The zero-order chi connectivity index (χ0) is 17.5. The second-order valence-corrected chi connectivity index (χ2v) is 4.93. The molecule has 2 rings (SSSR count). The van der Waals surface area contributed by atoms with Crippen molar-refractivity contribution in [3.05, 3.63) is 58.6 Å². The molecule has 0 aliphatic heterocycles. The number of anilines is 1.